The number of hydrogen-bond acceptors (Lipinski definition) is 2. The summed E-state index contributed by atoms with van der Waals surface area (Å²) >= 11 is 0. The summed E-state index contributed by atoms with van der Waals surface area (Å²) in [6, 6.07) is 11.2. The van der Waals surface area contributed by atoms with Gasteiger partial charge in [-0.05, 0) is 54.2 Å². The second-order valence-corrected chi connectivity index (χ2v) is 6.13. The molecule has 0 spiro atoms. The normalized spacial score (nSPS) is 11.8. The van der Waals surface area contributed by atoms with Crippen molar-refractivity contribution in [1.82, 2.24) is 0 Å². The minimum Gasteiger partial charge on any atom is -0.475 e. The third-order valence-corrected chi connectivity index (χ3v) is 4.36. The lowest BCUT2D eigenvalue weighted by molar-refractivity contribution is -0.138. The molecular weight excluding hydrogens is 345 g/mol. The van der Waals surface area contributed by atoms with Gasteiger partial charge >= 0.3 is 12.1 Å². The number of rotatable bonds is 5. The van der Waals surface area contributed by atoms with E-state index in [-0.39, 0.29) is 5.76 Å². The molecule has 0 saturated carbocycles. The topological polar surface area (TPSA) is 50.4 Å². The smallest absolute Gasteiger partial charge is 0.416 e. The summed E-state index contributed by atoms with van der Waals surface area (Å²) in [5, 5.41) is 9.63. The molecule has 3 nitrogen and oxygen atoms in total. The largest absolute Gasteiger partial charge is 0.475 e. The Morgan fingerprint density at radius 2 is 1.69 bits per heavy atom. The molecule has 0 bridgehead atoms. The molecule has 0 fully saturated rings. The van der Waals surface area contributed by atoms with E-state index in [1.165, 1.54) is 18.2 Å². The van der Waals surface area contributed by atoms with Crippen molar-refractivity contribution in [3.63, 3.8) is 0 Å². The van der Waals surface area contributed by atoms with E-state index < -0.39 is 17.7 Å². The zero-order valence-corrected chi connectivity index (χ0v) is 14.1. The number of hydrogen-bond donors (Lipinski definition) is 1. The third kappa shape index (κ3) is 3.74. The molecule has 0 atom stereocenters. The van der Waals surface area contributed by atoms with E-state index in [4.69, 9.17) is 9.52 Å². The van der Waals surface area contributed by atoms with E-state index in [2.05, 4.69) is 0 Å². The molecule has 0 radical (unpaired) electrons. The SMILES string of the molecule is CCc1ccc(CCc2ccc3cc(C(=O)O)oc3c2)cc1C(F)(F)F. The van der Waals surface area contributed by atoms with E-state index in [1.807, 2.05) is 6.07 Å². The van der Waals surface area contributed by atoms with Gasteiger partial charge in [0.1, 0.15) is 5.58 Å². The summed E-state index contributed by atoms with van der Waals surface area (Å²) in [6.07, 6.45) is -3.05. The first-order valence-electron chi connectivity index (χ1n) is 8.22. The van der Waals surface area contributed by atoms with Gasteiger partial charge in [-0.15, -0.1) is 0 Å². The van der Waals surface area contributed by atoms with Gasteiger partial charge in [-0.3, -0.25) is 0 Å². The number of aryl methyl sites for hydroxylation is 3. The number of carbonyl (C=O) groups is 1. The molecule has 1 N–H and O–H groups in total. The van der Waals surface area contributed by atoms with Crippen molar-refractivity contribution in [2.45, 2.75) is 32.4 Å². The molecule has 2 aromatic carbocycles. The van der Waals surface area contributed by atoms with Gasteiger partial charge in [0, 0.05) is 5.39 Å². The van der Waals surface area contributed by atoms with Crippen LogP contribution in [-0.4, -0.2) is 11.1 Å². The fraction of sp³-hybridized carbons (Fsp3) is 0.250. The van der Waals surface area contributed by atoms with Gasteiger partial charge in [0.25, 0.3) is 0 Å². The van der Waals surface area contributed by atoms with Gasteiger partial charge in [0.2, 0.25) is 5.76 Å². The van der Waals surface area contributed by atoms with Crippen molar-refractivity contribution in [1.29, 1.82) is 0 Å². The van der Waals surface area contributed by atoms with Crippen LogP contribution < -0.4 is 0 Å². The molecular formula is C20H17F3O3. The number of fused-ring (bicyclic) bond motifs is 1. The van der Waals surface area contributed by atoms with Crippen LogP contribution in [0.1, 0.15) is 39.7 Å². The van der Waals surface area contributed by atoms with Crippen molar-refractivity contribution >= 4 is 16.9 Å². The Hall–Kier alpha value is -2.76. The minimum atomic E-state index is -4.36. The van der Waals surface area contributed by atoms with Gasteiger partial charge in [-0.2, -0.15) is 13.2 Å². The number of aromatic carboxylic acids is 1. The molecule has 0 aliphatic carbocycles. The summed E-state index contributed by atoms with van der Waals surface area (Å²) in [5.41, 5.74) is 1.65. The number of halogens is 3. The zero-order chi connectivity index (χ0) is 18.9. The van der Waals surface area contributed by atoms with Gasteiger partial charge in [-0.25, -0.2) is 4.79 Å². The minimum absolute atomic E-state index is 0.137. The number of carboxylic acid groups (broad SMARTS) is 1. The lowest BCUT2D eigenvalue weighted by Gasteiger charge is -2.13. The molecule has 6 heteroatoms. The number of benzene rings is 2. The molecule has 26 heavy (non-hydrogen) atoms. The Labute approximate surface area is 148 Å². The van der Waals surface area contributed by atoms with Crippen molar-refractivity contribution in [3.05, 3.63) is 70.5 Å². The molecule has 0 saturated heterocycles. The Balaban J connectivity index is 1.80. The maximum Gasteiger partial charge on any atom is 0.416 e. The Kier molecular flexibility index (Phi) is 4.76. The van der Waals surface area contributed by atoms with Gasteiger partial charge in [0.05, 0.1) is 5.56 Å². The Morgan fingerprint density at radius 3 is 2.31 bits per heavy atom. The predicted octanol–water partition coefficient (Wildman–Crippen LogP) is 5.50. The quantitative estimate of drug-likeness (QED) is 0.652. The van der Waals surface area contributed by atoms with E-state index in [9.17, 15) is 18.0 Å². The number of furan rings is 1. The first-order valence-corrected chi connectivity index (χ1v) is 8.22. The lowest BCUT2D eigenvalue weighted by Crippen LogP contribution is -2.09. The highest BCUT2D eigenvalue weighted by Gasteiger charge is 2.32. The summed E-state index contributed by atoms with van der Waals surface area (Å²) in [5.74, 6) is -1.28. The van der Waals surface area contributed by atoms with Crippen LogP contribution in [0.5, 0.6) is 0 Å². The molecule has 1 aromatic heterocycles. The fourth-order valence-electron chi connectivity index (χ4n) is 2.98. The van der Waals surface area contributed by atoms with Crippen molar-refractivity contribution in [3.8, 4) is 0 Å². The second-order valence-electron chi connectivity index (χ2n) is 6.13. The molecule has 136 valence electrons. The summed E-state index contributed by atoms with van der Waals surface area (Å²) in [6.45, 7) is 1.70. The van der Waals surface area contributed by atoms with E-state index in [0.29, 0.717) is 41.4 Å². The molecule has 0 aliphatic rings. The zero-order valence-electron chi connectivity index (χ0n) is 14.1. The van der Waals surface area contributed by atoms with E-state index >= 15 is 0 Å². The number of carboxylic acids is 1. The number of alkyl halides is 3. The standard InChI is InChI=1S/C20H17F3O3/c1-2-14-7-5-12(9-16(14)20(21,22)23)3-4-13-6-8-15-11-18(19(24)25)26-17(15)10-13/h5-11H,2-4H2,1H3,(H,24,25). The predicted molar refractivity (Wildman–Crippen MR) is 91.4 cm³/mol. The Morgan fingerprint density at radius 1 is 1.04 bits per heavy atom. The van der Waals surface area contributed by atoms with Gasteiger partial charge in [0.15, 0.2) is 0 Å². The molecule has 0 aliphatic heterocycles. The maximum atomic E-state index is 13.2. The summed E-state index contributed by atoms with van der Waals surface area (Å²) in [4.78, 5) is 10.9. The van der Waals surface area contributed by atoms with Crippen LogP contribution in [0.3, 0.4) is 0 Å². The molecule has 0 unspecified atom stereocenters. The van der Waals surface area contributed by atoms with Crippen molar-refractivity contribution in [2.24, 2.45) is 0 Å². The van der Waals surface area contributed by atoms with Gasteiger partial charge < -0.3 is 9.52 Å². The van der Waals surface area contributed by atoms with Crippen LogP contribution in [0.15, 0.2) is 46.9 Å². The first kappa shape index (κ1) is 18.0. The van der Waals surface area contributed by atoms with E-state index in [0.717, 1.165) is 5.56 Å². The monoisotopic (exact) mass is 362 g/mol. The van der Waals surface area contributed by atoms with Gasteiger partial charge in [-0.1, -0.05) is 31.2 Å². The average Bonchev–Trinajstić information content (AvgIpc) is 3.02. The van der Waals surface area contributed by atoms with Crippen LogP contribution in [0.2, 0.25) is 0 Å². The highest BCUT2D eigenvalue weighted by molar-refractivity contribution is 5.91. The van der Waals surface area contributed by atoms with E-state index in [1.54, 1.807) is 25.1 Å². The third-order valence-electron chi connectivity index (χ3n) is 4.36. The second kappa shape index (κ2) is 6.86. The molecule has 3 aromatic rings. The highest BCUT2D eigenvalue weighted by atomic mass is 19.4. The summed E-state index contributed by atoms with van der Waals surface area (Å²) in [7, 11) is 0. The fourth-order valence-corrected chi connectivity index (χ4v) is 2.98. The van der Waals surface area contributed by atoms with Crippen LogP contribution in [0.4, 0.5) is 13.2 Å². The summed E-state index contributed by atoms with van der Waals surface area (Å²) < 4.78 is 44.7. The van der Waals surface area contributed by atoms with Crippen molar-refractivity contribution < 1.29 is 27.5 Å². The lowest BCUT2D eigenvalue weighted by atomic mass is 9.97. The van der Waals surface area contributed by atoms with Crippen LogP contribution in [-0.2, 0) is 25.4 Å². The van der Waals surface area contributed by atoms with Crippen LogP contribution >= 0.6 is 0 Å². The molecule has 3 rings (SSSR count). The van der Waals surface area contributed by atoms with Crippen LogP contribution in [0.25, 0.3) is 11.0 Å². The first-order chi connectivity index (χ1) is 12.3. The molecule has 0 amide bonds. The highest BCUT2D eigenvalue weighted by Crippen LogP contribution is 2.33. The van der Waals surface area contributed by atoms with Crippen LogP contribution in [0, 0.1) is 0 Å². The average molecular weight is 362 g/mol. The Bertz CT molecular complexity index is 955. The molecule has 1 heterocycles. The van der Waals surface area contributed by atoms with Crippen molar-refractivity contribution in [2.75, 3.05) is 0 Å². The maximum absolute atomic E-state index is 13.2.